The van der Waals surface area contributed by atoms with Crippen LogP contribution in [-0.2, 0) is 0 Å². The van der Waals surface area contributed by atoms with E-state index in [-0.39, 0.29) is 11.4 Å². The number of rotatable bonds is 3. The van der Waals surface area contributed by atoms with Crippen molar-refractivity contribution in [1.29, 1.82) is 0 Å². The molecule has 0 aliphatic rings. The zero-order chi connectivity index (χ0) is 17.9. The number of halogens is 1. The van der Waals surface area contributed by atoms with Crippen molar-refractivity contribution in [3.63, 3.8) is 0 Å². The minimum absolute atomic E-state index is 0.218. The molecule has 0 bridgehead atoms. The van der Waals surface area contributed by atoms with Crippen LogP contribution < -0.4 is 5.56 Å². The van der Waals surface area contributed by atoms with E-state index < -0.39 is 0 Å². The molecule has 0 radical (unpaired) electrons. The summed E-state index contributed by atoms with van der Waals surface area (Å²) in [4.78, 5) is 17.7. The molecule has 3 nitrogen and oxygen atoms in total. The van der Waals surface area contributed by atoms with Gasteiger partial charge in [-0.3, -0.25) is 9.36 Å². The molecule has 126 valence electrons. The summed E-state index contributed by atoms with van der Waals surface area (Å²) in [7, 11) is 0. The first-order valence-corrected chi connectivity index (χ1v) is 8.23. The van der Waals surface area contributed by atoms with Crippen molar-refractivity contribution in [2.45, 2.75) is 0 Å². The highest BCUT2D eigenvalue weighted by molar-refractivity contribution is 5.65. The highest BCUT2D eigenvalue weighted by Crippen LogP contribution is 2.23. The van der Waals surface area contributed by atoms with Crippen molar-refractivity contribution in [3.8, 4) is 28.3 Å². The normalized spacial score (nSPS) is 10.7. The van der Waals surface area contributed by atoms with E-state index in [4.69, 9.17) is 4.98 Å². The SMILES string of the molecule is O=c1cc(-c2ccccc2)nc(-c2ccccc2)n1-c1ccc(F)cc1. The third-order valence-electron chi connectivity index (χ3n) is 4.11. The highest BCUT2D eigenvalue weighted by atomic mass is 19.1. The summed E-state index contributed by atoms with van der Waals surface area (Å²) in [5, 5.41) is 0. The first-order valence-electron chi connectivity index (χ1n) is 8.23. The Balaban J connectivity index is 1.99. The van der Waals surface area contributed by atoms with E-state index >= 15 is 0 Å². The summed E-state index contributed by atoms with van der Waals surface area (Å²) in [5.41, 5.74) is 2.64. The van der Waals surface area contributed by atoms with Crippen LogP contribution in [0.25, 0.3) is 28.3 Å². The van der Waals surface area contributed by atoms with Crippen molar-refractivity contribution >= 4 is 0 Å². The van der Waals surface area contributed by atoms with Gasteiger partial charge in [-0.05, 0) is 24.3 Å². The van der Waals surface area contributed by atoms with E-state index in [1.807, 2.05) is 60.7 Å². The third-order valence-corrected chi connectivity index (χ3v) is 4.11. The van der Waals surface area contributed by atoms with Gasteiger partial charge in [0.2, 0.25) is 0 Å². The number of hydrogen-bond donors (Lipinski definition) is 0. The van der Waals surface area contributed by atoms with Crippen molar-refractivity contribution in [1.82, 2.24) is 9.55 Å². The summed E-state index contributed by atoms with van der Waals surface area (Å²) < 4.78 is 14.8. The van der Waals surface area contributed by atoms with Crippen LogP contribution >= 0.6 is 0 Å². The second-order valence-electron chi connectivity index (χ2n) is 5.85. The molecule has 0 saturated carbocycles. The topological polar surface area (TPSA) is 34.9 Å². The van der Waals surface area contributed by atoms with Gasteiger partial charge >= 0.3 is 0 Å². The molecular weight excluding hydrogens is 327 g/mol. The van der Waals surface area contributed by atoms with Crippen LogP contribution in [0.2, 0.25) is 0 Å². The Morgan fingerprint density at radius 3 is 1.92 bits per heavy atom. The van der Waals surface area contributed by atoms with Gasteiger partial charge in [0.1, 0.15) is 11.6 Å². The fourth-order valence-electron chi connectivity index (χ4n) is 2.86. The molecule has 4 aromatic rings. The molecular formula is C22H15FN2O. The second kappa shape index (κ2) is 6.76. The fraction of sp³-hybridized carbons (Fsp3) is 0. The Kier molecular flexibility index (Phi) is 4.15. The molecule has 0 amide bonds. The average molecular weight is 342 g/mol. The first-order chi connectivity index (χ1) is 12.7. The first kappa shape index (κ1) is 16.0. The molecule has 1 heterocycles. The standard InChI is InChI=1S/C22H15FN2O/c23-18-11-13-19(14-12-18)25-21(26)15-20(16-7-3-1-4-8-16)24-22(25)17-9-5-2-6-10-17/h1-15H. The number of benzene rings is 3. The lowest BCUT2D eigenvalue weighted by Crippen LogP contribution is -2.21. The van der Waals surface area contributed by atoms with Gasteiger partial charge in [0.15, 0.2) is 0 Å². The van der Waals surface area contributed by atoms with Crippen LogP contribution in [0.1, 0.15) is 0 Å². The Morgan fingerprint density at radius 1 is 0.731 bits per heavy atom. The maximum absolute atomic E-state index is 13.3. The summed E-state index contributed by atoms with van der Waals surface area (Å²) >= 11 is 0. The van der Waals surface area contributed by atoms with Gasteiger partial charge in [0.05, 0.1) is 11.4 Å². The van der Waals surface area contributed by atoms with Gasteiger partial charge in [0.25, 0.3) is 5.56 Å². The maximum Gasteiger partial charge on any atom is 0.258 e. The zero-order valence-corrected chi connectivity index (χ0v) is 13.8. The lowest BCUT2D eigenvalue weighted by Gasteiger charge is -2.14. The molecule has 0 unspecified atom stereocenters. The minimum atomic E-state index is -0.350. The van der Waals surface area contributed by atoms with Gasteiger partial charge in [0, 0.05) is 17.2 Å². The molecule has 0 saturated heterocycles. The lowest BCUT2D eigenvalue weighted by atomic mass is 10.1. The predicted molar refractivity (Wildman–Crippen MR) is 101 cm³/mol. The quantitative estimate of drug-likeness (QED) is 0.541. The molecule has 1 aromatic heterocycles. The highest BCUT2D eigenvalue weighted by Gasteiger charge is 2.13. The van der Waals surface area contributed by atoms with Crippen molar-refractivity contribution in [2.75, 3.05) is 0 Å². The summed E-state index contributed by atoms with van der Waals surface area (Å²) in [6, 6.07) is 26.4. The van der Waals surface area contributed by atoms with Gasteiger partial charge in [-0.2, -0.15) is 0 Å². The molecule has 0 spiro atoms. The monoisotopic (exact) mass is 342 g/mol. The minimum Gasteiger partial charge on any atom is -0.269 e. The molecule has 0 aliphatic heterocycles. The van der Waals surface area contributed by atoms with Crippen LogP contribution in [0, 0.1) is 5.82 Å². The van der Waals surface area contributed by atoms with E-state index in [2.05, 4.69) is 0 Å². The Hall–Kier alpha value is -3.53. The molecule has 4 heteroatoms. The van der Waals surface area contributed by atoms with Crippen LogP contribution in [0.15, 0.2) is 95.8 Å². The van der Waals surface area contributed by atoms with Gasteiger partial charge in [-0.1, -0.05) is 60.7 Å². The zero-order valence-electron chi connectivity index (χ0n) is 13.8. The Labute approximate surface area is 150 Å². The number of nitrogens with zero attached hydrogens (tertiary/aromatic N) is 2. The largest absolute Gasteiger partial charge is 0.269 e. The van der Waals surface area contributed by atoms with Crippen LogP contribution in [0.5, 0.6) is 0 Å². The van der Waals surface area contributed by atoms with Gasteiger partial charge in [-0.25, -0.2) is 9.37 Å². The van der Waals surface area contributed by atoms with E-state index in [9.17, 15) is 9.18 Å². The lowest BCUT2D eigenvalue weighted by molar-refractivity contribution is 0.627. The maximum atomic E-state index is 13.3. The average Bonchev–Trinajstić information content (AvgIpc) is 2.70. The Bertz CT molecular complexity index is 1090. The van der Waals surface area contributed by atoms with Crippen LogP contribution in [0.3, 0.4) is 0 Å². The number of hydrogen-bond acceptors (Lipinski definition) is 2. The summed E-state index contributed by atoms with van der Waals surface area (Å²) in [6.45, 7) is 0. The molecule has 4 rings (SSSR count). The predicted octanol–water partition coefficient (Wildman–Crippen LogP) is 4.71. The smallest absolute Gasteiger partial charge is 0.258 e. The molecule has 0 atom stereocenters. The molecule has 0 aliphatic carbocycles. The number of aromatic nitrogens is 2. The second-order valence-corrected chi connectivity index (χ2v) is 5.85. The van der Waals surface area contributed by atoms with Crippen molar-refractivity contribution in [3.05, 3.63) is 107 Å². The van der Waals surface area contributed by atoms with Gasteiger partial charge < -0.3 is 0 Å². The van der Waals surface area contributed by atoms with E-state index in [0.29, 0.717) is 17.2 Å². The Morgan fingerprint density at radius 2 is 1.31 bits per heavy atom. The molecule has 0 N–H and O–H groups in total. The van der Waals surface area contributed by atoms with Crippen molar-refractivity contribution < 1.29 is 4.39 Å². The van der Waals surface area contributed by atoms with E-state index in [1.165, 1.54) is 22.8 Å². The molecule has 26 heavy (non-hydrogen) atoms. The van der Waals surface area contributed by atoms with E-state index in [1.54, 1.807) is 12.1 Å². The molecule has 0 fully saturated rings. The fourth-order valence-corrected chi connectivity index (χ4v) is 2.86. The summed E-state index contributed by atoms with van der Waals surface area (Å²) in [5.74, 6) is 0.167. The molecule has 3 aromatic carbocycles. The van der Waals surface area contributed by atoms with Crippen LogP contribution in [0.4, 0.5) is 4.39 Å². The third kappa shape index (κ3) is 3.05. The van der Waals surface area contributed by atoms with E-state index in [0.717, 1.165) is 11.1 Å². The van der Waals surface area contributed by atoms with Crippen molar-refractivity contribution in [2.24, 2.45) is 0 Å². The summed E-state index contributed by atoms with van der Waals surface area (Å²) in [6.07, 6.45) is 0. The van der Waals surface area contributed by atoms with Crippen LogP contribution in [-0.4, -0.2) is 9.55 Å². The van der Waals surface area contributed by atoms with Gasteiger partial charge in [-0.15, -0.1) is 0 Å².